The van der Waals surface area contributed by atoms with Crippen LogP contribution in [-0.2, 0) is 19.5 Å². The number of nitrogens with zero attached hydrogens (tertiary/aromatic N) is 2. The van der Waals surface area contributed by atoms with Crippen molar-refractivity contribution in [3.05, 3.63) is 47.2 Å². The van der Waals surface area contributed by atoms with Crippen molar-refractivity contribution in [2.45, 2.75) is 0 Å². The van der Waals surface area contributed by atoms with Crippen LogP contribution in [0.1, 0.15) is 0 Å². The van der Waals surface area contributed by atoms with Gasteiger partial charge in [0.1, 0.15) is 0 Å². The summed E-state index contributed by atoms with van der Waals surface area (Å²) in [6.45, 7) is 0. The van der Waals surface area contributed by atoms with Crippen LogP contribution in [0.5, 0.6) is 0 Å². The number of aromatic nitrogens is 2. The zero-order valence-corrected chi connectivity index (χ0v) is 11.5. The second kappa shape index (κ2) is 4.56. The predicted molar refractivity (Wildman–Crippen MR) is 64.7 cm³/mol. The molecule has 0 radical (unpaired) electrons. The van der Waals surface area contributed by atoms with E-state index in [-0.39, 0.29) is 19.5 Å². The predicted octanol–water partition coefficient (Wildman–Crippen LogP) is 3.54. The van der Waals surface area contributed by atoms with Crippen LogP contribution in [-0.4, -0.2) is 9.97 Å². The van der Waals surface area contributed by atoms with E-state index < -0.39 is 0 Å². The van der Waals surface area contributed by atoms with E-state index in [1.807, 2.05) is 12.1 Å². The molecule has 0 saturated carbocycles. The molecule has 3 rings (SSSR count). The van der Waals surface area contributed by atoms with Gasteiger partial charge in [-0.1, -0.05) is 18.2 Å². The fraction of sp³-hybridized carbons (Fsp3) is 0. The SMILES string of the molecule is Brc1cnc2c(ccc3cccnc32)c1.[Ru]. The Morgan fingerprint density at radius 1 is 0.938 bits per heavy atom. The average molecular weight is 360 g/mol. The van der Waals surface area contributed by atoms with Crippen molar-refractivity contribution in [1.29, 1.82) is 0 Å². The van der Waals surface area contributed by atoms with Gasteiger partial charge in [-0.25, -0.2) is 0 Å². The molecular formula is C12H7BrN2Ru. The van der Waals surface area contributed by atoms with Gasteiger partial charge in [0.2, 0.25) is 0 Å². The van der Waals surface area contributed by atoms with E-state index in [0.717, 1.165) is 26.3 Å². The quantitative estimate of drug-likeness (QED) is 0.453. The Bertz CT molecular complexity index is 655. The second-order valence-corrected chi connectivity index (χ2v) is 4.28. The molecule has 0 aliphatic rings. The van der Waals surface area contributed by atoms with Gasteiger partial charge in [0.05, 0.1) is 11.0 Å². The van der Waals surface area contributed by atoms with Gasteiger partial charge in [0, 0.05) is 47.1 Å². The molecule has 0 aliphatic carbocycles. The first-order chi connectivity index (χ1) is 7.34. The Balaban J connectivity index is 0.000000963. The van der Waals surface area contributed by atoms with E-state index in [9.17, 15) is 0 Å². The average Bonchev–Trinajstić information content (AvgIpc) is 2.28. The van der Waals surface area contributed by atoms with Gasteiger partial charge in [0.15, 0.2) is 0 Å². The summed E-state index contributed by atoms with van der Waals surface area (Å²) in [6, 6.07) is 10.2. The number of hydrogen-bond acceptors (Lipinski definition) is 2. The van der Waals surface area contributed by atoms with E-state index in [4.69, 9.17) is 0 Å². The summed E-state index contributed by atoms with van der Waals surface area (Å²) in [5.74, 6) is 0. The molecule has 16 heavy (non-hydrogen) atoms. The normalized spacial score (nSPS) is 10.3. The van der Waals surface area contributed by atoms with Gasteiger partial charge >= 0.3 is 0 Å². The fourth-order valence-corrected chi connectivity index (χ4v) is 2.06. The fourth-order valence-electron chi connectivity index (χ4n) is 1.71. The summed E-state index contributed by atoms with van der Waals surface area (Å²) in [6.07, 6.45) is 3.60. The number of hydrogen-bond donors (Lipinski definition) is 0. The molecule has 0 aliphatic heterocycles. The summed E-state index contributed by atoms with van der Waals surface area (Å²) >= 11 is 3.41. The Morgan fingerprint density at radius 2 is 1.69 bits per heavy atom. The molecule has 4 heteroatoms. The van der Waals surface area contributed by atoms with E-state index >= 15 is 0 Å². The van der Waals surface area contributed by atoms with Gasteiger partial charge in [-0.05, 0) is 28.1 Å². The van der Waals surface area contributed by atoms with Crippen LogP contribution in [0.25, 0.3) is 21.8 Å². The third-order valence-electron chi connectivity index (χ3n) is 2.39. The summed E-state index contributed by atoms with van der Waals surface area (Å²) < 4.78 is 0.991. The number of benzene rings is 1. The maximum absolute atomic E-state index is 4.40. The van der Waals surface area contributed by atoms with Gasteiger partial charge in [-0.3, -0.25) is 9.97 Å². The molecule has 0 bridgehead atoms. The molecule has 0 N–H and O–H groups in total. The van der Waals surface area contributed by atoms with Crippen molar-refractivity contribution in [3.8, 4) is 0 Å². The first-order valence-corrected chi connectivity index (χ1v) is 5.43. The molecule has 1 aromatic carbocycles. The van der Waals surface area contributed by atoms with Crippen LogP contribution < -0.4 is 0 Å². The van der Waals surface area contributed by atoms with E-state index in [2.05, 4.69) is 44.1 Å². The molecule has 2 nitrogen and oxygen atoms in total. The van der Waals surface area contributed by atoms with Crippen LogP contribution in [0.15, 0.2) is 47.2 Å². The zero-order chi connectivity index (χ0) is 10.3. The third-order valence-corrected chi connectivity index (χ3v) is 2.82. The van der Waals surface area contributed by atoms with Crippen LogP contribution >= 0.6 is 15.9 Å². The first-order valence-electron chi connectivity index (χ1n) is 4.63. The van der Waals surface area contributed by atoms with Crippen molar-refractivity contribution in [2.24, 2.45) is 0 Å². The van der Waals surface area contributed by atoms with Crippen LogP contribution in [0, 0.1) is 0 Å². The topological polar surface area (TPSA) is 25.8 Å². The summed E-state index contributed by atoms with van der Waals surface area (Å²) in [7, 11) is 0. The Morgan fingerprint density at radius 3 is 2.56 bits per heavy atom. The third kappa shape index (κ3) is 1.88. The first kappa shape index (κ1) is 11.6. The minimum absolute atomic E-state index is 0. The smallest absolute Gasteiger partial charge is 0.0965 e. The molecule has 0 fully saturated rings. The van der Waals surface area contributed by atoms with Crippen LogP contribution in [0.4, 0.5) is 0 Å². The van der Waals surface area contributed by atoms with Gasteiger partial charge in [-0.2, -0.15) is 0 Å². The maximum Gasteiger partial charge on any atom is 0.0965 e. The number of rotatable bonds is 0. The Hall–Kier alpha value is -0.857. The zero-order valence-electron chi connectivity index (χ0n) is 8.17. The molecule has 0 spiro atoms. The Labute approximate surface area is 114 Å². The van der Waals surface area contributed by atoms with Crippen molar-refractivity contribution < 1.29 is 19.5 Å². The number of fused-ring (bicyclic) bond motifs is 3. The molecule has 80 valence electrons. The van der Waals surface area contributed by atoms with Crippen molar-refractivity contribution in [3.63, 3.8) is 0 Å². The second-order valence-electron chi connectivity index (χ2n) is 3.37. The molecule has 3 aromatic rings. The molecule has 0 amide bonds. The van der Waals surface area contributed by atoms with Crippen molar-refractivity contribution >= 4 is 37.7 Å². The van der Waals surface area contributed by atoms with Crippen molar-refractivity contribution in [1.82, 2.24) is 9.97 Å². The molecule has 0 saturated heterocycles. The van der Waals surface area contributed by atoms with E-state index in [1.54, 1.807) is 12.4 Å². The van der Waals surface area contributed by atoms with Gasteiger partial charge in [-0.15, -0.1) is 0 Å². The summed E-state index contributed by atoms with van der Waals surface area (Å²) in [5.41, 5.74) is 1.92. The van der Waals surface area contributed by atoms with Gasteiger partial charge < -0.3 is 0 Å². The van der Waals surface area contributed by atoms with E-state index in [1.165, 1.54) is 0 Å². The van der Waals surface area contributed by atoms with Crippen LogP contribution in [0.3, 0.4) is 0 Å². The minimum atomic E-state index is 0. The Kier molecular flexibility index (Phi) is 3.31. The van der Waals surface area contributed by atoms with Crippen LogP contribution in [0.2, 0.25) is 0 Å². The largest absolute Gasteiger partial charge is 0.254 e. The number of pyridine rings is 2. The molecule has 2 heterocycles. The maximum atomic E-state index is 4.40. The molecule has 2 aromatic heterocycles. The molecule has 0 atom stereocenters. The summed E-state index contributed by atoms with van der Waals surface area (Å²) in [4.78, 5) is 8.76. The monoisotopic (exact) mass is 360 g/mol. The number of halogens is 1. The standard InChI is InChI=1S/C12H7BrN2.Ru/c13-10-6-9-4-3-8-2-1-5-14-11(8)12(9)15-7-10;/h1-7H;. The van der Waals surface area contributed by atoms with E-state index in [0.29, 0.717) is 0 Å². The van der Waals surface area contributed by atoms with Gasteiger partial charge in [0.25, 0.3) is 0 Å². The molecular weight excluding hydrogens is 353 g/mol. The van der Waals surface area contributed by atoms with Crippen molar-refractivity contribution in [2.75, 3.05) is 0 Å². The molecule has 0 unspecified atom stereocenters. The minimum Gasteiger partial charge on any atom is -0.254 e. The summed E-state index contributed by atoms with van der Waals surface area (Å²) in [5, 5.41) is 2.23.